The average Bonchev–Trinajstić information content (AvgIpc) is 2.39. The molecule has 0 aliphatic carbocycles. The van der Waals surface area contributed by atoms with Gasteiger partial charge in [0.1, 0.15) is 5.82 Å². The number of amides is 1. The van der Waals surface area contributed by atoms with Gasteiger partial charge in [-0.2, -0.15) is 13.2 Å². The Labute approximate surface area is 118 Å². The fourth-order valence-corrected chi connectivity index (χ4v) is 1.81. The molecule has 0 radical (unpaired) electrons. The maximum absolute atomic E-state index is 13.1. The van der Waals surface area contributed by atoms with Crippen molar-refractivity contribution in [3.63, 3.8) is 0 Å². The van der Waals surface area contributed by atoms with E-state index in [-0.39, 0.29) is 5.69 Å². The predicted molar refractivity (Wildman–Crippen MR) is 70.5 cm³/mol. The first-order valence-electron chi connectivity index (χ1n) is 6.02. The largest absolute Gasteiger partial charge is 0.419 e. The van der Waals surface area contributed by atoms with Gasteiger partial charge >= 0.3 is 6.18 Å². The van der Waals surface area contributed by atoms with Crippen molar-refractivity contribution >= 4 is 11.6 Å². The van der Waals surface area contributed by atoms with E-state index in [1.54, 1.807) is 25.1 Å². The molecule has 1 N–H and O–H groups in total. The number of rotatable bonds is 2. The summed E-state index contributed by atoms with van der Waals surface area (Å²) in [5, 5.41) is 2.32. The van der Waals surface area contributed by atoms with Crippen LogP contribution in [0.25, 0.3) is 0 Å². The summed E-state index contributed by atoms with van der Waals surface area (Å²) in [5.74, 6) is -1.94. The summed E-state index contributed by atoms with van der Waals surface area (Å²) in [6.45, 7) is 1.79. The molecule has 0 saturated carbocycles. The van der Waals surface area contributed by atoms with Crippen molar-refractivity contribution in [1.29, 1.82) is 0 Å². The van der Waals surface area contributed by atoms with Gasteiger partial charge in [0.15, 0.2) is 0 Å². The average molecular weight is 297 g/mol. The number of anilines is 1. The van der Waals surface area contributed by atoms with Gasteiger partial charge < -0.3 is 5.32 Å². The number of carbonyl (C=O) groups is 1. The summed E-state index contributed by atoms with van der Waals surface area (Å²) >= 11 is 0. The fraction of sp³-hybridized carbons (Fsp3) is 0.133. The smallest absolute Gasteiger partial charge is 0.322 e. The van der Waals surface area contributed by atoms with Gasteiger partial charge in [-0.05, 0) is 37.3 Å². The summed E-state index contributed by atoms with van der Waals surface area (Å²) < 4.78 is 50.9. The van der Waals surface area contributed by atoms with Gasteiger partial charge in [0.2, 0.25) is 0 Å². The monoisotopic (exact) mass is 297 g/mol. The number of carbonyl (C=O) groups excluding carboxylic acids is 1. The fourth-order valence-electron chi connectivity index (χ4n) is 1.81. The van der Waals surface area contributed by atoms with Crippen LogP contribution in [0.2, 0.25) is 0 Å². The van der Waals surface area contributed by atoms with Gasteiger partial charge in [-0.15, -0.1) is 0 Å². The number of benzene rings is 2. The predicted octanol–water partition coefficient (Wildman–Crippen LogP) is 4.41. The van der Waals surface area contributed by atoms with Gasteiger partial charge in [-0.1, -0.05) is 17.7 Å². The van der Waals surface area contributed by atoms with Crippen LogP contribution in [0.1, 0.15) is 21.5 Å². The molecule has 2 rings (SSSR count). The van der Waals surface area contributed by atoms with Crippen LogP contribution < -0.4 is 5.32 Å². The van der Waals surface area contributed by atoms with Crippen LogP contribution >= 0.6 is 0 Å². The summed E-state index contributed by atoms with van der Waals surface area (Å²) in [5.41, 5.74) is -0.370. The number of hydrogen-bond acceptors (Lipinski definition) is 1. The van der Waals surface area contributed by atoms with Crippen LogP contribution in [0, 0.1) is 12.7 Å². The van der Waals surface area contributed by atoms with Crippen LogP contribution in [0.5, 0.6) is 0 Å². The van der Waals surface area contributed by atoms with Crippen molar-refractivity contribution < 1.29 is 22.4 Å². The second kappa shape index (κ2) is 5.55. The highest BCUT2D eigenvalue weighted by Crippen LogP contribution is 2.33. The molecule has 2 aromatic rings. The van der Waals surface area contributed by atoms with Gasteiger partial charge in [-0.25, -0.2) is 4.39 Å². The van der Waals surface area contributed by atoms with Crippen molar-refractivity contribution in [2.45, 2.75) is 13.1 Å². The van der Waals surface area contributed by atoms with Crippen molar-refractivity contribution in [2.75, 3.05) is 5.32 Å². The highest BCUT2D eigenvalue weighted by molar-refractivity contribution is 6.04. The van der Waals surface area contributed by atoms with E-state index in [1.807, 2.05) is 0 Å². The Balaban J connectivity index is 2.26. The van der Waals surface area contributed by atoms with E-state index in [2.05, 4.69) is 5.32 Å². The molecule has 0 aliphatic rings. The minimum atomic E-state index is -4.81. The Kier molecular flexibility index (Phi) is 3.97. The lowest BCUT2D eigenvalue weighted by molar-refractivity contribution is -0.139. The van der Waals surface area contributed by atoms with Crippen LogP contribution in [-0.2, 0) is 6.18 Å². The minimum Gasteiger partial charge on any atom is -0.322 e. The molecule has 0 saturated heterocycles. The van der Waals surface area contributed by atoms with Crippen molar-refractivity contribution in [2.24, 2.45) is 0 Å². The van der Waals surface area contributed by atoms with E-state index in [0.29, 0.717) is 17.7 Å². The standard InChI is InChI=1S/C15H11F4NO/c1-9-3-2-4-10(7-9)14(21)20-11-5-6-13(16)12(8-11)15(17,18)19/h2-8H,1H3,(H,20,21). The zero-order chi connectivity index (χ0) is 15.6. The number of hydrogen-bond donors (Lipinski definition) is 1. The summed E-state index contributed by atoms with van der Waals surface area (Å²) in [6, 6.07) is 8.92. The molecule has 2 nitrogen and oxygen atoms in total. The highest BCUT2D eigenvalue weighted by atomic mass is 19.4. The lowest BCUT2D eigenvalue weighted by atomic mass is 10.1. The maximum atomic E-state index is 13.1. The van der Waals surface area contributed by atoms with Crippen LogP contribution in [0.4, 0.5) is 23.2 Å². The molecular weight excluding hydrogens is 286 g/mol. The third-order valence-electron chi connectivity index (χ3n) is 2.81. The third-order valence-corrected chi connectivity index (χ3v) is 2.81. The van der Waals surface area contributed by atoms with E-state index in [9.17, 15) is 22.4 Å². The van der Waals surface area contributed by atoms with E-state index >= 15 is 0 Å². The molecule has 0 fully saturated rings. The number of halogens is 4. The van der Waals surface area contributed by atoms with Crippen molar-refractivity contribution in [3.05, 3.63) is 65.0 Å². The molecule has 1 amide bonds. The van der Waals surface area contributed by atoms with E-state index in [1.165, 1.54) is 6.07 Å². The second-order valence-electron chi connectivity index (χ2n) is 4.52. The number of nitrogens with one attached hydrogen (secondary N) is 1. The number of alkyl halides is 3. The highest BCUT2D eigenvalue weighted by Gasteiger charge is 2.34. The lowest BCUT2D eigenvalue weighted by Crippen LogP contribution is -2.14. The molecule has 2 aromatic carbocycles. The van der Waals surface area contributed by atoms with Crippen molar-refractivity contribution in [3.8, 4) is 0 Å². The maximum Gasteiger partial charge on any atom is 0.419 e. The SMILES string of the molecule is Cc1cccc(C(=O)Nc2ccc(F)c(C(F)(F)F)c2)c1. The molecule has 0 aromatic heterocycles. The first-order valence-corrected chi connectivity index (χ1v) is 6.02. The van der Waals surface area contributed by atoms with Gasteiger partial charge in [0.25, 0.3) is 5.91 Å². The Morgan fingerprint density at radius 3 is 2.43 bits per heavy atom. The molecule has 21 heavy (non-hydrogen) atoms. The number of aryl methyl sites for hydroxylation is 1. The second-order valence-corrected chi connectivity index (χ2v) is 4.52. The molecule has 0 bridgehead atoms. The molecule has 0 spiro atoms. The molecule has 0 unspecified atom stereocenters. The summed E-state index contributed by atoms with van der Waals surface area (Å²) in [6.07, 6.45) is -4.81. The molecule has 0 aliphatic heterocycles. The van der Waals surface area contributed by atoms with Crippen molar-refractivity contribution in [1.82, 2.24) is 0 Å². The minimum absolute atomic E-state index is 0.116. The van der Waals surface area contributed by atoms with Gasteiger partial charge in [0, 0.05) is 11.3 Å². The van der Waals surface area contributed by atoms with Gasteiger partial charge in [-0.3, -0.25) is 4.79 Å². The first kappa shape index (κ1) is 15.0. The molecule has 110 valence electrons. The zero-order valence-electron chi connectivity index (χ0n) is 11.0. The molecule has 0 atom stereocenters. The van der Waals surface area contributed by atoms with Crippen LogP contribution in [-0.4, -0.2) is 5.91 Å². The van der Waals surface area contributed by atoms with E-state index in [0.717, 1.165) is 11.6 Å². The Morgan fingerprint density at radius 2 is 1.81 bits per heavy atom. The lowest BCUT2D eigenvalue weighted by Gasteiger charge is -2.11. The Morgan fingerprint density at radius 1 is 1.10 bits per heavy atom. The third kappa shape index (κ3) is 3.59. The normalized spacial score (nSPS) is 11.3. The Hall–Kier alpha value is -2.37. The van der Waals surface area contributed by atoms with E-state index in [4.69, 9.17) is 0 Å². The Bertz CT molecular complexity index is 680. The topological polar surface area (TPSA) is 29.1 Å². The summed E-state index contributed by atoms with van der Waals surface area (Å²) in [7, 11) is 0. The first-order chi connectivity index (χ1) is 9.77. The summed E-state index contributed by atoms with van der Waals surface area (Å²) in [4.78, 5) is 11.9. The van der Waals surface area contributed by atoms with E-state index < -0.39 is 23.5 Å². The zero-order valence-corrected chi connectivity index (χ0v) is 11.0. The van der Waals surface area contributed by atoms with Crippen LogP contribution in [0.15, 0.2) is 42.5 Å². The quantitative estimate of drug-likeness (QED) is 0.818. The molecular formula is C15H11F4NO. The molecule has 6 heteroatoms. The molecule has 0 heterocycles. The van der Waals surface area contributed by atoms with Gasteiger partial charge in [0.05, 0.1) is 5.56 Å². The van der Waals surface area contributed by atoms with Crippen LogP contribution in [0.3, 0.4) is 0 Å².